The lowest BCUT2D eigenvalue weighted by Crippen LogP contribution is -2.00. The van der Waals surface area contributed by atoms with E-state index in [1.807, 2.05) is 29.7 Å². The van der Waals surface area contributed by atoms with E-state index in [0.717, 1.165) is 29.4 Å². The number of nitrogens with zero attached hydrogens (tertiary/aromatic N) is 1. The van der Waals surface area contributed by atoms with Gasteiger partial charge in [-0.3, -0.25) is 0 Å². The number of aryl methyl sites for hydroxylation is 1. The standard InChI is InChI=1S/C12H13NO2/c1-2-13-10(6-7-14)8-9-4-3-5-11(15)12(9)13/h3-5,7-8,15H,2,6H2,1H3. The molecule has 3 heteroatoms. The van der Waals surface area contributed by atoms with E-state index in [0.29, 0.717) is 6.42 Å². The number of carbonyl (C=O) groups excluding carboxylic acids is 1. The topological polar surface area (TPSA) is 42.2 Å². The van der Waals surface area contributed by atoms with E-state index < -0.39 is 0 Å². The van der Waals surface area contributed by atoms with Gasteiger partial charge in [-0.15, -0.1) is 0 Å². The van der Waals surface area contributed by atoms with Gasteiger partial charge in [0.05, 0.1) is 5.52 Å². The van der Waals surface area contributed by atoms with Gasteiger partial charge in [-0.25, -0.2) is 0 Å². The van der Waals surface area contributed by atoms with Gasteiger partial charge in [0.25, 0.3) is 0 Å². The number of rotatable bonds is 3. The monoisotopic (exact) mass is 203 g/mol. The van der Waals surface area contributed by atoms with Crippen molar-refractivity contribution in [2.75, 3.05) is 0 Å². The highest BCUT2D eigenvalue weighted by molar-refractivity contribution is 5.87. The molecule has 3 nitrogen and oxygen atoms in total. The minimum atomic E-state index is 0.270. The van der Waals surface area contributed by atoms with Gasteiger partial charge in [0, 0.05) is 24.0 Å². The van der Waals surface area contributed by atoms with E-state index in [1.165, 1.54) is 0 Å². The minimum Gasteiger partial charge on any atom is -0.506 e. The molecule has 0 bridgehead atoms. The predicted octanol–water partition coefficient (Wildman–Crippen LogP) is 2.11. The molecule has 1 aromatic heterocycles. The maximum Gasteiger partial charge on any atom is 0.139 e. The Kier molecular flexibility index (Phi) is 2.46. The molecule has 1 N–H and O–H groups in total. The molecule has 0 amide bonds. The fourth-order valence-corrected chi connectivity index (χ4v) is 1.98. The van der Waals surface area contributed by atoms with Crippen LogP contribution in [0.1, 0.15) is 12.6 Å². The number of hydrogen-bond donors (Lipinski definition) is 1. The van der Waals surface area contributed by atoms with Gasteiger partial charge in [0.15, 0.2) is 0 Å². The van der Waals surface area contributed by atoms with Gasteiger partial charge >= 0.3 is 0 Å². The number of aromatic nitrogens is 1. The van der Waals surface area contributed by atoms with Crippen molar-refractivity contribution in [3.05, 3.63) is 30.0 Å². The third-order valence-electron chi connectivity index (χ3n) is 2.59. The van der Waals surface area contributed by atoms with Crippen molar-refractivity contribution in [3.8, 4) is 5.75 Å². The van der Waals surface area contributed by atoms with Crippen molar-refractivity contribution in [2.45, 2.75) is 19.9 Å². The lowest BCUT2D eigenvalue weighted by atomic mass is 10.2. The number of fused-ring (bicyclic) bond motifs is 1. The van der Waals surface area contributed by atoms with Crippen LogP contribution in [0.3, 0.4) is 0 Å². The van der Waals surface area contributed by atoms with Gasteiger partial charge in [-0.05, 0) is 19.1 Å². The van der Waals surface area contributed by atoms with E-state index in [-0.39, 0.29) is 5.75 Å². The zero-order valence-corrected chi connectivity index (χ0v) is 8.60. The highest BCUT2D eigenvalue weighted by Crippen LogP contribution is 2.27. The molecule has 0 spiro atoms. The van der Waals surface area contributed by atoms with Crippen LogP contribution in [0.15, 0.2) is 24.3 Å². The zero-order valence-electron chi connectivity index (χ0n) is 8.60. The number of carbonyl (C=O) groups is 1. The van der Waals surface area contributed by atoms with Gasteiger partial charge in [0.2, 0.25) is 0 Å². The van der Waals surface area contributed by atoms with Crippen molar-refractivity contribution in [3.63, 3.8) is 0 Å². The molecule has 2 aromatic rings. The molecular formula is C12H13NO2. The van der Waals surface area contributed by atoms with Crippen LogP contribution in [0, 0.1) is 0 Å². The maximum atomic E-state index is 10.5. The molecule has 1 heterocycles. The average molecular weight is 203 g/mol. The molecule has 0 aliphatic carbocycles. The number of benzene rings is 1. The zero-order chi connectivity index (χ0) is 10.8. The van der Waals surface area contributed by atoms with E-state index in [9.17, 15) is 9.90 Å². The molecule has 0 aliphatic rings. The van der Waals surface area contributed by atoms with E-state index >= 15 is 0 Å². The number of para-hydroxylation sites is 1. The van der Waals surface area contributed by atoms with Crippen LogP contribution in [-0.4, -0.2) is 16.0 Å². The Balaban J connectivity index is 2.73. The number of aldehydes is 1. The van der Waals surface area contributed by atoms with Crippen LogP contribution in [0.25, 0.3) is 10.9 Å². The summed E-state index contributed by atoms with van der Waals surface area (Å²) in [5.41, 5.74) is 1.76. The SMILES string of the molecule is CCn1c(CC=O)cc2cccc(O)c21. The fraction of sp³-hybridized carbons (Fsp3) is 0.250. The van der Waals surface area contributed by atoms with E-state index in [2.05, 4.69) is 0 Å². The highest BCUT2D eigenvalue weighted by atomic mass is 16.3. The van der Waals surface area contributed by atoms with E-state index in [4.69, 9.17) is 0 Å². The summed E-state index contributed by atoms with van der Waals surface area (Å²) < 4.78 is 1.97. The molecule has 15 heavy (non-hydrogen) atoms. The maximum absolute atomic E-state index is 10.5. The molecule has 1 aromatic carbocycles. The van der Waals surface area contributed by atoms with Crippen molar-refractivity contribution in [1.82, 2.24) is 4.57 Å². The number of phenols is 1. The van der Waals surface area contributed by atoms with Crippen molar-refractivity contribution < 1.29 is 9.90 Å². The smallest absolute Gasteiger partial charge is 0.139 e. The number of hydrogen-bond acceptors (Lipinski definition) is 2. The Labute approximate surface area is 87.9 Å². The summed E-state index contributed by atoms with van der Waals surface area (Å²) in [5.74, 6) is 0.270. The molecule has 2 rings (SSSR count). The summed E-state index contributed by atoms with van der Waals surface area (Å²) in [6.07, 6.45) is 1.28. The second-order valence-electron chi connectivity index (χ2n) is 3.47. The molecule has 0 atom stereocenters. The quantitative estimate of drug-likeness (QED) is 0.776. The third kappa shape index (κ3) is 1.50. The van der Waals surface area contributed by atoms with Crippen LogP contribution in [0.2, 0.25) is 0 Å². The molecule has 0 saturated carbocycles. The Morgan fingerprint density at radius 3 is 2.93 bits per heavy atom. The Bertz CT molecular complexity index is 500. The first kappa shape index (κ1) is 9.77. The van der Waals surface area contributed by atoms with Crippen molar-refractivity contribution >= 4 is 17.2 Å². The molecule has 0 aliphatic heterocycles. The predicted molar refractivity (Wildman–Crippen MR) is 59.0 cm³/mol. The third-order valence-corrected chi connectivity index (χ3v) is 2.59. The number of phenolic OH excluding ortho intramolecular Hbond substituents is 1. The second kappa shape index (κ2) is 3.77. The van der Waals surface area contributed by atoms with Crippen molar-refractivity contribution in [1.29, 1.82) is 0 Å². The summed E-state index contributed by atoms with van der Waals surface area (Å²) in [7, 11) is 0. The molecule has 0 radical (unpaired) electrons. The normalized spacial score (nSPS) is 10.7. The van der Waals surface area contributed by atoms with Crippen molar-refractivity contribution in [2.24, 2.45) is 0 Å². The highest BCUT2D eigenvalue weighted by Gasteiger charge is 2.09. The Morgan fingerprint density at radius 2 is 2.27 bits per heavy atom. The average Bonchev–Trinajstić information content (AvgIpc) is 2.57. The van der Waals surface area contributed by atoms with Crippen LogP contribution < -0.4 is 0 Å². The molecule has 0 saturated heterocycles. The van der Waals surface area contributed by atoms with E-state index in [1.54, 1.807) is 6.07 Å². The van der Waals surface area contributed by atoms with Crippen LogP contribution >= 0.6 is 0 Å². The Hall–Kier alpha value is -1.77. The van der Waals surface area contributed by atoms with Gasteiger partial charge in [-0.2, -0.15) is 0 Å². The van der Waals surface area contributed by atoms with Crippen LogP contribution in [-0.2, 0) is 17.8 Å². The molecule has 0 fully saturated rings. The minimum absolute atomic E-state index is 0.270. The molecule has 78 valence electrons. The lowest BCUT2D eigenvalue weighted by molar-refractivity contribution is -0.107. The van der Waals surface area contributed by atoms with Crippen LogP contribution in [0.4, 0.5) is 0 Å². The molecule has 0 unspecified atom stereocenters. The van der Waals surface area contributed by atoms with Gasteiger partial charge in [-0.1, -0.05) is 12.1 Å². The summed E-state index contributed by atoms with van der Waals surface area (Å²) >= 11 is 0. The van der Waals surface area contributed by atoms with Gasteiger partial charge in [0.1, 0.15) is 12.0 Å². The summed E-state index contributed by atoms with van der Waals surface area (Å²) in [4.78, 5) is 10.5. The lowest BCUT2D eigenvalue weighted by Gasteiger charge is -2.06. The second-order valence-corrected chi connectivity index (χ2v) is 3.47. The fourth-order valence-electron chi connectivity index (χ4n) is 1.98. The van der Waals surface area contributed by atoms with Gasteiger partial charge < -0.3 is 14.5 Å². The largest absolute Gasteiger partial charge is 0.506 e. The summed E-state index contributed by atoms with van der Waals surface area (Å²) in [6, 6.07) is 7.37. The first-order valence-corrected chi connectivity index (χ1v) is 5.01. The summed E-state index contributed by atoms with van der Waals surface area (Å²) in [6.45, 7) is 2.75. The Morgan fingerprint density at radius 1 is 1.47 bits per heavy atom. The first-order chi connectivity index (χ1) is 7.27. The number of aromatic hydroxyl groups is 1. The first-order valence-electron chi connectivity index (χ1n) is 5.01. The van der Waals surface area contributed by atoms with Crippen LogP contribution in [0.5, 0.6) is 5.75 Å². The molecular weight excluding hydrogens is 190 g/mol. The summed E-state index contributed by atoms with van der Waals surface area (Å²) in [5, 5.41) is 10.7.